The Labute approximate surface area is 132 Å². The quantitative estimate of drug-likeness (QED) is 0.446. The fraction of sp³-hybridized carbons (Fsp3) is 0.222. The maximum Gasteiger partial charge on any atom is 0.119 e. The zero-order valence-electron chi connectivity index (χ0n) is 12.9. The number of hydrogen-bond acceptors (Lipinski definition) is 4. The second-order valence-electron chi connectivity index (χ2n) is 5.09. The number of hydrogen-bond donors (Lipinski definition) is 2. The molecule has 0 unspecified atom stereocenters. The van der Waals surface area contributed by atoms with Crippen molar-refractivity contribution in [3.8, 4) is 5.75 Å². The lowest BCUT2D eigenvalue weighted by Gasteiger charge is -2.25. The highest BCUT2D eigenvalue weighted by molar-refractivity contribution is 5.54. The lowest BCUT2D eigenvalue weighted by atomic mass is 10.2. The second kappa shape index (κ2) is 8.10. The number of rotatable bonds is 8. The van der Waals surface area contributed by atoms with Crippen LogP contribution in [0.4, 0.5) is 11.4 Å². The average molecular weight is 297 g/mol. The Morgan fingerprint density at radius 1 is 1.23 bits per heavy atom. The summed E-state index contributed by atoms with van der Waals surface area (Å²) in [6.07, 6.45) is 2.66. The summed E-state index contributed by atoms with van der Waals surface area (Å²) in [5.41, 5.74) is 10.9. The van der Waals surface area contributed by atoms with Crippen molar-refractivity contribution in [1.82, 2.24) is 5.43 Å². The lowest BCUT2D eigenvalue weighted by molar-refractivity contribution is 0.200. The van der Waals surface area contributed by atoms with Gasteiger partial charge in [-0.1, -0.05) is 30.3 Å². The molecule has 2 rings (SSSR count). The molecule has 0 saturated carbocycles. The summed E-state index contributed by atoms with van der Waals surface area (Å²) >= 11 is 0. The van der Waals surface area contributed by atoms with Gasteiger partial charge >= 0.3 is 0 Å². The van der Waals surface area contributed by atoms with Crippen LogP contribution in [0.25, 0.3) is 0 Å². The Kier molecular flexibility index (Phi) is 5.86. The fourth-order valence-corrected chi connectivity index (χ4v) is 2.11. The second-order valence-corrected chi connectivity index (χ2v) is 5.09. The van der Waals surface area contributed by atoms with Crippen LogP contribution >= 0.6 is 0 Å². The van der Waals surface area contributed by atoms with Gasteiger partial charge in [0.25, 0.3) is 0 Å². The van der Waals surface area contributed by atoms with Crippen molar-refractivity contribution >= 4 is 11.4 Å². The number of nitrogens with two attached hydrogens (primary N) is 1. The Bertz CT molecular complexity index is 586. The third kappa shape index (κ3) is 4.82. The first-order valence-electron chi connectivity index (χ1n) is 7.34. The Balaban J connectivity index is 1.92. The number of nitrogens with zero attached hydrogens (tertiary/aromatic N) is 1. The first kappa shape index (κ1) is 15.9. The Hall–Kier alpha value is -2.46. The van der Waals surface area contributed by atoms with Crippen molar-refractivity contribution in [1.29, 1.82) is 0 Å². The molecule has 0 saturated heterocycles. The molecule has 0 fully saturated rings. The van der Waals surface area contributed by atoms with Crippen molar-refractivity contribution in [3.63, 3.8) is 0 Å². The van der Waals surface area contributed by atoms with Crippen LogP contribution in [0.2, 0.25) is 0 Å². The molecule has 2 aromatic rings. The molecule has 0 radical (unpaired) electrons. The van der Waals surface area contributed by atoms with E-state index < -0.39 is 0 Å². The molecule has 0 spiro atoms. The summed E-state index contributed by atoms with van der Waals surface area (Å²) in [4.78, 5) is 0. The van der Waals surface area contributed by atoms with E-state index in [4.69, 9.17) is 10.5 Å². The smallest absolute Gasteiger partial charge is 0.119 e. The summed E-state index contributed by atoms with van der Waals surface area (Å²) in [6, 6.07) is 17.5. The standard InChI is InChI=1S/C18H23N3O/c1-3-8-18(22-17-11-5-4-6-12-17)14-20-21(2)16-10-7-9-15(19)13-16/h3-7,9-13,18,20H,1,8,14,19H2,2H3/t18-/m1/s1. The molecule has 116 valence electrons. The van der Waals surface area contributed by atoms with Crippen LogP contribution in [0, 0.1) is 0 Å². The van der Waals surface area contributed by atoms with E-state index in [9.17, 15) is 0 Å². The van der Waals surface area contributed by atoms with Gasteiger partial charge in [-0.3, -0.25) is 0 Å². The Morgan fingerprint density at radius 2 is 2.00 bits per heavy atom. The predicted molar refractivity (Wildman–Crippen MR) is 92.9 cm³/mol. The van der Waals surface area contributed by atoms with Crippen LogP contribution < -0.4 is 20.9 Å². The van der Waals surface area contributed by atoms with E-state index in [1.807, 2.05) is 72.7 Å². The topological polar surface area (TPSA) is 50.5 Å². The van der Waals surface area contributed by atoms with Gasteiger partial charge < -0.3 is 15.5 Å². The van der Waals surface area contributed by atoms with Gasteiger partial charge in [0, 0.05) is 19.2 Å². The van der Waals surface area contributed by atoms with E-state index in [-0.39, 0.29) is 6.10 Å². The van der Waals surface area contributed by atoms with Crippen molar-refractivity contribution in [3.05, 3.63) is 67.3 Å². The number of anilines is 2. The maximum atomic E-state index is 5.98. The number of para-hydroxylation sites is 1. The Morgan fingerprint density at radius 3 is 2.68 bits per heavy atom. The summed E-state index contributed by atoms with van der Waals surface area (Å²) in [6.45, 7) is 4.47. The third-order valence-electron chi connectivity index (χ3n) is 3.29. The maximum absolute atomic E-state index is 5.98. The van der Waals surface area contributed by atoms with Crippen LogP contribution in [-0.4, -0.2) is 19.7 Å². The highest BCUT2D eigenvalue weighted by atomic mass is 16.5. The minimum absolute atomic E-state index is 0.0170. The highest BCUT2D eigenvalue weighted by Gasteiger charge is 2.10. The molecular formula is C18H23N3O. The zero-order valence-corrected chi connectivity index (χ0v) is 12.9. The van der Waals surface area contributed by atoms with Gasteiger partial charge in [0.2, 0.25) is 0 Å². The molecule has 0 aliphatic rings. The molecule has 4 heteroatoms. The van der Waals surface area contributed by atoms with E-state index in [0.29, 0.717) is 6.54 Å². The van der Waals surface area contributed by atoms with Gasteiger partial charge in [-0.05, 0) is 30.3 Å². The van der Waals surface area contributed by atoms with Crippen molar-refractivity contribution in [2.45, 2.75) is 12.5 Å². The minimum atomic E-state index is 0.0170. The van der Waals surface area contributed by atoms with Crippen LogP contribution in [0.1, 0.15) is 6.42 Å². The molecular weight excluding hydrogens is 274 g/mol. The van der Waals surface area contributed by atoms with E-state index in [1.165, 1.54) is 0 Å². The van der Waals surface area contributed by atoms with Gasteiger partial charge in [0.1, 0.15) is 11.9 Å². The molecule has 0 aliphatic heterocycles. The average Bonchev–Trinajstić information content (AvgIpc) is 2.53. The number of nitrogens with one attached hydrogen (secondary N) is 1. The van der Waals surface area contributed by atoms with Crippen LogP contribution in [0.3, 0.4) is 0 Å². The first-order valence-corrected chi connectivity index (χ1v) is 7.34. The minimum Gasteiger partial charge on any atom is -0.489 e. The van der Waals surface area contributed by atoms with Crippen molar-refractivity contribution in [2.75, 3.05) is 24.3 Å². The largest absolute Gasteiger partial charge is 0.489 e. The van der Waals surface area contributed by atoms with Gasteiger partial charge in [-0.25, -0.2) is 5.43 Å². The molecule has 0 heterocycles. The summed E-state index contributed by atoms with van der Waals surface area (Å²) in [7, 11) is 1.96. The van der Waals surface area contributed by atoms with E-state index in [0.717, 1.165) is 23.5 Å². The van der Waals surface area contributed by atoms with Gasteiger partial charge in [-0.2, -0.15) is 0 Å². The van der Waals surface area contributed by atoms with Crippen LogP contribution in [0.15, 0.2) is 67.3 Å². The molecule has 3 N–H and O–H groups in total. The molecule has 0 bridgehead atoms. The molecule has 0 aliphatic carbocycles. The van der Waals surface area contributed by atoms with Crippen molar-refractivity contribution in [2.24, 2.45) is 0 Å². The molecule has 0 amide bonds. The van der Waals surface area contributed by atoms with E-state index in [2.05, 4.69) is 12.0 Å². The van der Waals surface area contributed by atoms with Gasteiger partial charge in [-0.15, -0.1) is 6.58 Å². The van der Waals surface area contributed by atoms with Crippen LogP contribution in [-0.2, 0) is 0 Å². The molecule has 4 nitrogen and oxygen atoms in total. The van der Waals surface area contributed by atoms with Crippen molar-refractivity contribution < 1.29 is 4.74 Å². The predicted octanol–water partition coefficient (Wildman–Crippen LogP) is 3.23. The highest BCUT2D eigenvalue weighted by Crippen LogP contribution is 2.15. The number of ether oxygens (including phenoxy) is 1. The van der Waals surface area contributed by atoms with Gasteiger partial charge in [0.15, 0.2) is 0 Å². The summed E-state index contributed by atoms with van der Waals surface area (Å²) in [5.74, 6) is 0.864. The molecule has 22 heavy (non-hydrogen) atoms. The zero-order chi connectivity index (χ0) is 15.8. The summed E-state index contributed by atoms with van der Waals surface area (Å²) < 4.78 is 5.98. The molecule has 2 aromatic carbocycles. The monoisotopic (exact) mass is 297 g/mol. The first-order chi connectivity index (χ1) is 10.7. The number of nitrogen functional groups attached to an aromatic ring is 1. The molecule has 1 atom stereocenters. The van der Waals surface area contributed by atoms with Gasteiger partial charge in [0.05, 0.1) is 12.2 Å². The van der Waals surface area contributed by atoms with Crippen LogP contribution in [0.5, 0.6) is 5.75 Å². The number of benzene rings is 2. The lowest BCUT2D eigenvalue weighted by Crippen LogP contribution is -2.41. The normalized spacial score (nSPS) is 11.7. The van der Waals surface area contributed by atoms with E-state index in [1.54, 1.807) is 0 Å². The number of hydrazine groups is 1. The SMILES string of the molecule is C=CC[C@H](CNN(C)c1cccc(N)c1)Oc1ccccc1. The summed E-state index contributed by atoms with van der Waals surface area (Å²) in [5, 5.41) is 1.95. The third-order valence-corrected chi connectivity index (χ3v) is 3.29. The molecule has 0 aromatic heterocycles. The fourth-order valence-electron chi connectivity index (χ4n) is 2.11. The van der Waals surface area contributed by atoms with E-state index >= 15 is 0 Å².